The summed E-state index contributed by atoms with van der Waals surface area (Å²) in [6, 6.07) is 26.1. The Kier molecular flexibility index (Phi) is 5.95. The Morgan fingerprint density at radius 1 is 0.867 bits per heavy atom. The molecule has 1 aromatic heterocycles. The molecule has 1 heterocycles. The third kappa shape index (κ3) is 4.44. The van der Waals surface area contributed by atoms with E-state index >= 15 is 0 Å². The van der Waals surface area contributed by atoms with E-state index in [9.17, 15) is 4.79 Å². The third-order valence-electron chi connectivity index (χ3n) is 4.76. The van der Waals surface area contributed by atoms with Crippen molar-refractivity contribution in [2.45, 2.75) is 19.0 Å². The van der Waals surface area contributed by atoms with Crippen molar-refractivity contribution in [2.24, 2.45) is 0 Å². The normalized spacial score (nSPS) is 10.7. The van der Waals surface area contributed by atoms with Crippen molar-refractivity contribution in [3.8, 4) is 16.8 Å². The molecule has 30 heavy (non-hydrogen) atoms. The number of carbonyl (C=O) groups is 1. The maximum atomic E-state index is 12.5. The molecule has 0 unspecified atom stereocenters. The van der Waals surface area contributed by atoms with Crippen molar-refractivity contribution in [1.82, 2.24) is 14.8 Å². The van der Waals surface area contributed by atoms with Gasteiger partial charge in [-0.2, -0.15) is 0 Å². The highest BCUT2D eigenvalue weighted by atomic mass is 32.2. The van der Waals surface area contributed by atoms with E-state index in [1.165, 1.54) is 11.8 Å². The fourth-order valence-corrected chi connectivity index (χ4v) is 4.02. The van der Waals surface area contributed by atoms with E-state index < -0.39 is 0 Å². The monoisotopic (exact) mass is 414 g/mol. The molecule has 0 spiro atoms. The van der Waals surface area contributed by atoms with Crippen LogP contribution in [0.5, 0.6) is 0 Å². The van der Waals surface area contributed by atoms with Crippen LogP contribution in [0, 0.1) is 13.8 Å². The number of carbonyl (C=O) groups excluding carboxylic acids is 1. The minimum Gasteiger partial charge on any atom is -0.325 e. The summed E-state index contributed by atoms with van der Waals surface area (Å²) in [5, 5.41) is 12.1. The third-order valence-corrected chi connectivity index (χ3v) is 5.69. The number of aromatic nitrogens is 3. The molecule has 0 aliphatic rings. The largest absolute Gasteiger partial charge is 0.325 e. The highest BCUT2D eigenvalue weighted by molar-refractivity contribution is 7.99. The zero-order chi connectivity index (χ0) is 20.9. The fraction of sp³-hybridized carbons (Fsp3) is 0.125. The predicted molar refractivity (Wildman–Crippen MR) is 122 cm³/mol. The number of hydrogen-bond acceptors (Lipinski definition) is 4. The molecule has 3 aromatic carbocycles. The van der Waals surface area contributed by atoms with Gasteiger partial charge < -0.3 is 5.32 Å². The standard InChI is InChI=1S/C24H22N4OS/c1-17-8-6-7-11-22(17)28-18(2)26-27-24(28)30-16-23(29)25-21-14-12-20(13-15-21)19-9-4-3-5-10-19/h3-15H,16H2,1-2H3,(H,25,29). The number of thioether (sulfide) groups is 1. The second-order valence-electron chi connectivity index (χ2n) is 6.93. The average molecular weight is 415 g/mol. The van der Waals surface area contributed by atoms with Crippen LogP contribution in [0.2, 0.25) is 0 Å². The van der Waals surface area contributed by atoms with Crippen LogP contribution in [0.25, 0.3) is 16.8 Å². The zero-order valence-electron chi connectivity index (χ0n) is 16.9. The first-order valence-electron chi connectivity index (χ1n) is 9.68. The molecule has 0 fully saturated rings. The second kappa shape index (κ2) is 8.97. The smallest absolute Gasteiger partial charge is 0.234 e. The van der Waals surface area contributed by atoms with Crippen LogP contribution >= 0.6 is 11.8 Å². The Morgan fingerprint density at radius 3 is 2.27 bits per heavy atom. The fourth-order valence-electron chi connectivity index (χ4n) is 3.23. The van der Waals surface area contributed by atoms with Crippen molar-refractivity contribution >= 4 is 23.4 Å². The molecule has 5 nitrogen and oxygen atoms in total. The number of amides is 1. The molecule has 0 saturated heterocycles. The van der Waals surface area contributed by atoms with Gasteiger partial charge >= 0.3 is 0 Å². The van der Waals surface area contributed by atoms with Gasteiger partial charge in [0.25, 0.3) is 0 Å². The molecule has 1 N–H and O–H groups in total. The minimum absolute atomic E-state index is 0.0792. The van der Waals surface area contributed by atoms with E-state index in [-0.39, 0.29) is 11.7 Å². The van der Waals surface area contributed by atoms with Crippen molar-refractivity contribution in [3.63, 3.8) is 0 Å². The number of benzene rings is 3. The Bertz CT molecular complexity index is 1150. The first-order chi connectivity index (χ1) is 14.6. The average Bonchev–Trinajstić information content (AvgIpc) is 3.14. The van der Waals surface area contributed by atoms with Gasteiger partial charge in [0.15, 0.2) is 5.16 Å². The number of nitrogens with one attached hydrogen (secondary N) is 1. The van der Waals surface area contributed by atoms with E-state index in [0.29, 0.717) is 5.16 Å². The Labute approximate surface area is 180 Å². The van der Waals surface area contributed by atoms with Gasteiger partial charge in [-0.05, 0) is 48.7 Å². The van der Waals surface area contributed by atoms with Gasteiger partial charge in [-0.25, -0.2) is 0 Å². The molecule has 0 radical (unpaired) electrons. The molecular weight excluding hydrogens is 392 g/mol. The van der Waals surface area contributed by atoms with E-state index in [1.807, 2.05) is 72.2 Å². The van der Waals surface area contributed by atoms with Gasteiger partial charge in [-0.15, -0.1) is 10.2 Å². The number of nitrogens with zero attached hydrogens (tertiary/aromatic N) is 3. The lowest BCUT2D eigenvalue weighted by molar-refractivity contribution is -0.113. The van der Waals surface area contributed by atoms with Gasteiger partial charge in [-0.3, -0.25) is 9.36 Å². The van der Waals surface area contributed by atoms with Crippen molar-refractivity contribution in [1.29, 1.82) is 0 Å². The van der Waals surface area contributed by atoms with Gasteiger partial charge in [-0.1, -0.05) is 72.4 Å². The molecule has 6 heteroatoms. The number of anilines is 1. The quantitative estimate of drug-likeness (QED) is 0.436. The highest BCUT2D eigenvalue weighted by Crippen LogP contribution is 2.25. The molecule has 0 aliphatic carbocycles. The maximum absolute atomic E-state index is 12.5. The van der Waals surface area contributed by atoms with Crippen LogP contribution in [-0.2, 0) is 4.79 Å². The summed E-state index contributed by atoms with van der Waals surface area (Å²) in [5.74, 6) is 0.970. The predicted octanol–water partition coefficient (Wildman–Crippen LogP) is 5.28. The van der Waals surface area contributed by atoms with Crippen LogP contribution in [-0.4, -0.2) is 26.4 Å². The Morgan fingerprint density at radius 2 is 1.53 bits per heavy atom. The van der Waals surface area contributed by atoms with E-state index in [0.717, 1.165) is 33.9 Å². The molecule has 0 bridgehead atoms. The first kappa shape index (κ1) is 19.9. The Hall–Kier alpha value is -3.38. The minimum atomic E-state index is -0.0792. The van der Waals surface area contributed by atoms with Gasteiger partial charge in [0.2, 0.25) is 5.91 Å². The van der Waals surface area contributed by atoms with Crippen molar-refractivity contribution in [3.05, 3.63) is 90.3 Å². The van der Waals surface area contributed by atoms with E-state index in [2.05, 4.69) is 40.6 Å². The molecule has 0 atom stereocenters. The molecular formula is C24H22N4OS. The Balaban J connectivity index is 1.41. The van der Waals surface area contributed by atoms with E-state index in [4.69, 9.17) is 0 Å². The summed E-state index contributed by atoms with van der Waals surface area (Å²) in [6.07, 6.45) is 0. The number of aryl methyl sites for hydroxylation is 2. The molecule has 0 aliphatic heterocycles. The SMILES string of the molecule is Cc1ccccc1-n1c(C)nnc1SCC(=O)Nc1ccc(-c2ccccc2)cc1. The molecule has 0 saturated carbocycles. The summed E-state index contributed by atoms with van der Waals surface area (Å²) in [6.45, 7) is 3.97. The summed E-state index contributed by atoms with van der Waals surface area (Å²) >= 11 is 1.38. The zero-order valence-corrected chi connectivity index (χ0v) is 17.7. The number of para-hydroxylation sites is 1. The summed E-state index contributed by atoms with van der Waals surface area (Å²) in [5.41, 5.74) is 5.20. The molecule has 150 valence electrons. The number of hydrogen-bond donors (Lipinski definition) is 1. The lowest BCUT2D eigenvalue weighted by Crippen LogP contribution is -2.14. The lowest BCUT2D eigenvalue weighted by atomic mass is 10.1. The second-order valence-corrected chi connectivity index (χ2v) is 7.87. The first-order valence-corrected chi connectivity index (χ1v) is 10.7. The van der Waals surface area contributed by atoms with Gasteiger partial charge in [0.05, 0.1) is 11.4 Å². The lowest BCUT2D eigenvalue weighted by Gasteiger charge is -2.11. The van der Waals surface area contributed by atoms with Crippen LogP contribution in [0.15, 0.2) is 84.0 Å². The van der Waals surface area contributed by atoms with E-state index in [1.54, 1.807) is 0 Å². The van der Waals surface area contributed by atoms with Gasteiger partial charge in [0.1, 0.15) is 5.82 Å². The summed E-state index contributed by atoms with van der Waals surface area (Å²) in [4.78, 5) is 12.5. The molecule has 4 aromatic rings. The van der Waals surface area contributed by atoms with Crippen LogP contribution in [0.4, 0.5) is 5.69 Å². The van der Waals surface area contributed by atoms with Crippen molar-refractivity contribution in [2.75, 3.05) is 11.1 Å². The summed E-state index contributed by atoms with van der Waals surface area (Å²) in [7, 11) is 0. The number of rotatable bonds is 6. The van der Waals surface area contributed by atoms with Crippen LogP contribution < -0.4 is 5.32 Å². The topological polar surface area (TPSA) is 59.8 Å². The van der Waals surface area contributed by atoms with Gasteiger partial charge in [0, 0.05) is 5.69 Å². The molecule has 4 rings (SSSR count). The maximum Gasteiger partial charge on any atom is 0.234 e. The summed E-state index contributed by atoms with van der Waals surface area (Å²) < 4.78 is 1.99. The highest BCUT2D eigenvalue weighted by Gasteiger charge is 2.14. The molecule has 1 amide bonds. The van der Waals surface area contributed by atoms with Crippen LogP contribution in [0.3, 0.4) is 0 Å². The van der Waals surface area contributed by atoms with Crippen molar-refractivity contribution < 1.29 is 4.79 Å². The van der Waals surface area contributed by atoms with Crippen LogP contribution in [0.1, 0.15) is 11.4 Å².